The number of hydrogen-bond donors (Lipinski definition) is 1. The van der Waals surface area contributed by atoms with Crippen LogP contribution in [0.1, 0.15) is 20.8 Å². The molecule has 0 saturated heterocycles. The minimum atomic E-state index is -0.0910. The summed E-state index contributed by atoms with van der Waals surface area (Å²) in [5.41, 5.74) is 2.70. The number of nitrogens with zero attached hydrogens (tertiary/aromatic N) is 1. The zero-order chi connectivity index (χ0) is 15.5. The standard InChI is InChI=1S/C18H14N2OS/c1-12-15-4-2-3-5-16(15)22-17(12)18(21)20-14-8-6-13(7-9-14)10-11-19/h2-9H,10H2,1H3,(H,20,21). The van der Waals surface area contributed by atoms with Crippen molar-refractivity contribution in [2.24, 2.45) is 0 Å². The van der Waals surface area contributed by atoms with Crippen LogP contribution in [-0.4, -0.2) is 5.91 Å². The van der Waals surface area contributed by atoms with E-state index in [1.165, 1.54) is 11.3 Å². The number of nitrogens with one attached hydrogen (secondary N) is 1. The smallest absolute Gasteiger partial charge is 0.266 e. The number of carbonyl (C=O) groups is 1. The first kappa shape index (κ1) is 14.3. The highest BCUT2D eigenvalue weighted by Gasteiger charge is 2.15. The zero-order valence-corrected chi connectivity index (χ0v) is 12.9. The van der Waals surface area contributed by atoms with Gasteiger partial charge in [-0.15, -0.1) is 11.3 Å². The van der Waals surface area contributed by atoms with E-state index in [-0.39, 0.29) is 5.91 Å². The van der Waals surface area contributed by atoms with Crippen LogP contribution in [0.2, 0.25) is 0 Å². The van der Waals surface area contributed by atoms with Gasteiger partial charge < -0.3 is 5.32 Å². The number of carbonyl (C=O) groups excluding carboxylic acids is 1. The summed E-state index contributed by atoms with van der Waals surface area (Å²) in [6.45, 7) is 1.98. The number of fused-ring (bicyclic) bond motifs is 1. The molecule has 0 bridgehead atoms. The van der Waals surface area contributed by atoms with Crippen molar-refractivity contribution in [2.75, 3.05) is 5.32 Å². The van der Waals surface area contributed by atoms with Crippen molar-refractivity contribution >= 4 is 33.0 Å². The summed E-state index contributed by atoms with van der Waals surface area (Å²) >= 11 is 1.51. The van der Waals surface area contributed by atoms with Gasteiger partial charge in [-0.2, -0.15) is 5.26 Å². The predicted octanol–water partition coefficient (Wildman–Crippen LogP) is 4.53. The molecule has 0 aliphatic rings. The SMILES string of the molecule is Cc1c(C(=O)Nc2ccc(CC#N)cc2)sc2ccccc12. The summed E-state index contributed by atoms with van der Waals surface area (Å²) in [5, 5.41) is 12.7. The number of benzene rings is 2. The van der Waals surface area contributed by atoms with Crippen LogP contribution in [0.5, 0.6) is 0 Å². The molecule has 0 radical (unpaired) electrons. The molecule has 4 heteroatoms. The molecule has 0 aliphatic heterocycles. The van der Waals surface area contributed by atoms with Crippen molar-refractivity contribution in [3.05, 3.63) is 64.5 Å². The lowest BCUT2D eigenvalue weighted by Gasteiger charge is -2.05. The molecule has 1 N–H and O–H groups in total. The number of rotatable bonds is 3. The highest BCUT2D eigenvalue weighted by molar-refractivity contribution is 7.21. The molecule has 108 valence electrons. The van der Waals surface area contributed by atoms with Crippen LogP contribution in [0.4, 0.5) is 5.69 Å². The normalized spacial score (nSPS) is 10.4. The van der Waals surface area contributed by atoms with Gasteiger partial charge in [-0.1, -0.05) is 30.3 Å². The van der Waals surface area contributed by atoms with Gasteiger partial charge in [0.15, 0.2) is 0 Å². The minimum Gasteiger partial charge on any atom is -0.321 e. The van der Waals surface area contributed by atoms with Crippen molar-refractivity contribution in [3.8, 4) is 6.07 Å². The Morgan fingerprint density at radius 1 is 1.18 bits per heavy atom. The Hall–Kier alpha value is -2.64. The summed E-state index contributed by atoms with van der Waals surface area (Å²) in [4.78, 5) is 13.2. The van der Waals surface area contributed by atoms with Gasteiger partial charge in [-0.25, -0.2) is 0 Å². The Bertz CT molecular complexity index is 872. The molecule has 0 aliphatic carbocycles. The molecule has 0 fully saturated rings. The molecule has 1 heterocycles. The van der Waals surface area contributed by atoms with Gasteiger partial charge >= 0.3 is 0 Å². The monoisotopic (exact) mass is 306 g/mol. The van der Waals surface area contributed by atoms with Crippen molar-refractivity contribution in [1.29, 1.82) is 5.26 Å². The van der Waals surface area contributed by atoms with Crippen molar-refractivity contribution in [3.63, 3.8) is 0 Å². The minimum absolute atomic E-state index is 0.0910. The van der Waals surface area contributed by atoms with E-state index in [1.807, 2.05) is 55.5 Å². The molecule has 3 aromatic rings. The number of nitriles is 1. The Kier molecular flexibility index (Phi) is 3.90. The first-order valence-electron chi connectivity index (χ1n) is 6.94. The van der Waals surface area contributed by atoms with E-state index in [0.29, 0.717) is 6.42 Å². The van der Waals surface area contributed by atoms with E-state index in [0.717, 1.165) is 31.8 Å². The van der Waals surface area contributed by atoms with Crippen LogP contribution >= 0.6 is 11.3 Å². The molecule has 3 nitrogen and oxygen atoms in total. The number of aryl methyl sites for hydroxylation is 1. The second-order valence-corrected chi connectivity index (χ2v) is 6.09. The van der Waals surface area contributed by atoms with Gasteiger partial charge in [-0.3, -0.25) is 4.79 Å². The van der Waals surface area contributed by atoms with Gasteiger partial charge in [0, 0.05) is 10.4 Å². The molecular formula is C18H14N2OS. The van der Waals surface area contributed by atoms with Crippen molar-refractivity contribution < 1.29 is 4.79 Å². The summed E-state index contributed by atoms with van der Waals surface area (Å²) < 4.78 is 1.12. The molecule has 22 heavy (non-hydrogen) atoms. The maximum atomic E-state index is 12.5. The Labute approximate surface area is 132 Å². The molecular weight excluding hydrogens is 292 g/mol. The fourth-order valence-corrected chi connectivity index (χ4v) is 3.48. The van der Waals surface area contributed by atoms with Crippen molar-refractivity contribution in [1.82, 2.24) is 0 Å². The summed E-state index contributed by atoms with van der Waals surface area (Å²) in [6.07, 6.45) is 0.379. The second-order valence-electron chi connectivity index (χ2n) is 5.04. The van der Waals surface area contributed by atoms with E-state index < -0.39 is 0 Å². The van der Waals surface area contributed by atoms with Gasteiger partial charge in [-0.05, 0) is 41.6 Å². The third-order valence-corrected chi connectivity index (χ3v) is 4.82. The van der Waals surface area contributed by atoms with Crippen LogP contribution < -0.4 is 5.32 Å². The largest absolute Gasteiger partial charge is 0.321 e. The first-order chi connectivity index (χ1) is 10.7. The molecule has 0 saturated carbocycles. The topological polar surface area (TPSA) is 52.9 Å². The number of amides is 1. The van der Waals surface area contributed by atoms with Crippen LogP contribution in [0, 0.1) is 18.3 Å². The average molecular weight is 306 g/mol. The van der Waals surface area contributed by atoms with Crippen LogP contribution in [-0.2, 0) is 6.42 Å². The van der Waals surface area contributed by atoms with E-state index in [9.17, 15) is 4.79 Å². The average Bonchev–Trinajstić information content (AvgIpc) is 2.87. The second kappa shape index (κ2) is 6.00. The fraction of sp³-hybridized carbons (Fsp3) is 0.111. The highest BCUT2D eigenvalue weighted by atomic mass is 32.1. The molecule has 0 atom stereocenters. The Morgan fingerprint density at radius 3 is 2.59 bits per heavy atom. The lowest BCUT2D eigenvalue weighted by molar-refractivity contribution is 0.103. The maximum absolute atomic E-state index is 12.5. The number of thiophene rings is 1. The first-order valence-corrected chi connectivity index (χ1v) is 7.76. The third-order valence-electron chi connectivity index (χ3n) is 3.54. The lowest BCUT2D eigenvalue weighted by atomic mass is 10.1. The van der Waals surface area contributed by atoms with E-state index in [4.69, 9.17) is 5.26 Å². The van der Waals surface area contributed by atoms with Gasteiger partial charge in [0.25, 0.3) is 5.91 Å². The zero-order valence-electron chi connectivity index (χ0n) is 12.1. The van der Waals surface area contributed by atoms with Gasteiger partial charge in [0.2, 0.25) is 0 Å². The Balaban J connectivity index is 1.84. The fourth-order valence-electron chi connectivity index (χ4n) is 2.38. The molecule has 0 spiro atoms. The highest BCUT2D eigenvalue weighted by Crippen LogP contribution is 2.31. The summed E-state index contributed by atoms with van der Waals surface area (Å²) in [7, 11) is 0. The van der Waals surface area contributed by atoms with Crippen LogP contribution in [0.3, 0.4) is 0 Å². The van der Waals surface area contributed by atoms with Gasteiger partial charge in [0.1, 0.15) is 0 Å². The Morgan fingerprint density at radius 2 is 1.91 bits per heavy atom. The number of anilines is 1. The lowest BCUT2D eigenvalue weighted by Crippen LogP contribution is -2.11. The van der Waals surface area contributed by atoms with E-state index in [2.05, 4.69) is 11.4 Å². The molecule has 1 aromatic heterocycles. The quantitative estimate of drug-likeness (QED) is 0.773. The van der Waals surface area contributed by atoms with E-state index >= 15 is 0 Å². The molecule has 3 rings (SSSR count). The van der Waals surface area contributed by atoms with Gasteiger partial charge in [0.05, 0.1) is 17.4 Å². The third kappa shape index (κ3) is 2.72. The number of hydrogen-bond acceptors (Lipinski definition) is 3. The van der Waals surface area contributed by atoms with Crippen molar-refractivity contribution in [2.45, 2.75) is 13.3 Å². The van der Waals surface area contributed by atoms with E-state index in [1.54, 1.807) is 0 Å². The summed E-state index contributed by atoms with van der Waals surface area (Å²) in [5.74, 6) is -0.0910. The van der Waals surface area contributed by atoms with Crippen LogP contribution in [0.15, 0.2) is 48.5 Å². The van der Waals surface area contributed by atoms with Crippen LogP contribution in [0.25, 0.3) is 10.1 Å². The maximum Gasteiger partial charge on any atom is 0.266 e. The summed E-state index contributed by atoms with van der Waals surface area (Å²) in [6, 6.07) is 17.5. The molecule has 0 unspecified atom stereocenters. The molecule has 1 amide bonds. The predicted molar refractivity (Wildman–Crippen MR) is 90.3 cm³/mol. The molecule has 2 aromatic carbocycles.